The highest BCUT2D eigenvalue weighted by Gasteiger charge is 2.25. The van der Waals surface area contributed by atoms with E-state index in [4.69, 9.17) is 10.5 Å². The molecule has 1 saturated carbocycles. The van der Waals surface area contributed by atoms with Crippen LogP contribution in [-0.4, -0.2) is 55.0 Å². The predicted octanol–water partition coefficient (Wildman–Crippen LogP) is 4.22. The van der Waals surface area contributed by atoms with Gasteiger partial charge in [0.2, 0.25) is 5.91 Å². The minimum atomic E-state index is -0.338. The zero-order valence-electron chi connectivity index (χ0n) is 21.0. The maximum absolute atomic E-state index is 13.1. The number of carbonyl (C=O) groups excluding carboxylic acids is 2. The lowest BCUT2D eigenvalue weighted by Crippen LogP contribution is -2.42. The van der Waals surface area contributed by atoms with Gasteiger partial charge < -0.3 is 26.0 Å². The molecule has 0 radical (unpaired) electrons. The van der Waals surface area contributed by atoms with Crippen LogP contribution in [0.4, 0.5) is 11.4 Å². The molecule has 1 aliphatic carbocycles. The van der Waals surface area contributed by atoms with E-state index in [0.29, 0.717) is 28.9 Å². The first-order valence-corrected chi connectivity index (χ1v) is 12.1. The first kappa shape index (κ1) is 25.2. The van der Waals surface area contributed by atoms with E-state index in [1.807, 2.05) is 24.3 Å². The topological polar surface area (TPSA) is 110 Å². The summed E-state index contributed by atoms with van der Waals surface area (Å²) in [6, 6.07) is 13.7. The summed E-state index contributed by atoms with van der Waals surface area (Å²) < 4.78 is 5.47. The number of ether oxygens (including phenoxy) is 1. The molecule has 0 spiro atoms. The number of nitrogens with one attached hydrogen (secondary N) is 2. The second-order valence-corrected chi connectivity index (χ2v) is 9.35. The highest BCUT2D eigenvalue weighted by atomic mass is 16.5. The number of rotatable bonds is 7. The fourth-order valence-corrected chi connectivity index (χ4v) is 4.74. The van der Waals surface area contributed by atoms with Gasteiger partial charge in [-0.15, -0.1) is 0 Å². The van der Waals surface area contributed by atoms with Crippen molar-refractivity contribution in [2.75, 3.05) is 32.3 Å². The third kappa shape index (κ3) is 5.33. The van der Waals surface area contributed by atoms with Gasteiger partial charge in [0.1, 0.15) is 5.75 Å². The lowest BCUT2D eigenvalue weighted by molar-refractivity contribution is -0.111. The number of hydrogen-bond acceptors (Lipinski definition) is 6. The number of pyridine rings is 1. The molecule has 0 bridgehead atoms. The average molecular weight is 488 g/mol. The number of carbonyl (C=O) groups is 2. The van der Waals surface area contributed by atoms with Gasteiger partial charge in [-0.2, -0.15) is 0 Å². The summed E-state index contributed by atoms with van der Waals surface area (Å²) in [5.74, 6) is -0.0661. The van der Waals surface area contributed by atoms with Gasteiger partial charge in [-0.1, -0.05) is 24.8 Å². The molecule has 4 N–H and O–H groups in total. The summed E-state index contributed by atoms with van der Waals surface area (Å²) >= 11 is 0. The average Bonchev–Trinajstić information content (AvgIpc) is 2.89. The molecule has 0 aliphatic heterocycles. The summed E-state index contributed by atoms with van der Waals surface area (Å²) in [4.78, 5) is 32.0. The van der Waals surface area contributed by atoms with Crippen molar-refractivity contribution in [3.05, 3.63) is 60.8 Å². The van der Waals surface area contributed by atoms with Crippen LogP contribution in [0.3, 0.4) is 0 Å². The Bertz CT molecular complexity index is 1300. The zero-order chi connectivity index (χ0) is 25.8. The number of nitrogen functional groups attached to an aromatic ring is 1. The minimum absolute atomic E-state index is 0.114. The van der Waals surface area contributed by atoms with Gasteiger partial charge in [0.25, 0.3) is 5.91 Å². The quantitative estimate of drug-likeness (QED) is 0.431. The Hall–Kier alpha value is -3.91. The molecule has 2 amide bonds. The van der Waals surface area contributed by atoms with Crippen LogP contribution in [-0.2, 0) is 4.79 Å². The monoisotopic (exact) mass is 487 g/mol. The molecule has 1 fully saturated rings. The number of hydrogen-bond donors (Lipinski definition) is 3. The van der Waals surface area contributed by atoms with E-state index in [-0.39, 0.29) is 23.6 Å². The molecule has 36 heavy (non-hydrogen) atoms. The molecule has 0 atom stereocenters. The Kier molecular flexibility index (Phi) is 7.55. The van der Waals surface area contributed by atoms with Gasteiger partial charge in [-0.05, 0) is 75.5 Å². The van der Waals surface area contributed by atoms with Crippen LogP contribution >= 0.6 is 0 Å². The molecule has 4 rings (SSSR count). The van der Waals surface area contributed by atoms with E-state index in [2.05, 4.69) is 41.2 Å². The summed E-state index contributed by atoms with van der Waals surface area (Å²) in [6.45, 7) is 3.53. The highest BCUT2D eigenvalue weighted by Crippen LogP contribution is 2.36. The number of nitrogens with two attached hydrogens (primary N) is 1. The number of nitrogens with zero attached hydrogens (tertiary/aromatic N) is 2. The molecule has 1 aliphatic rings. The van der Waals surface area contributed by atoms with Crippen molar-refractivity contribution in [2.45, 2.75) is 37.8 Å². The van der Waals surface area contributed by atoms with Crippen molar-refractivity contribution in [3.8, 4) is 17.0 Å². The number of aromatic nitrogens is 1. The van der Waals surface area contributed by atoms with E-state index in [9.17, 15) is 9.59 Å². The lowest BCUT2D eigenvalue weighted by Gasteiger charge is -2.32. The van der Waals surface area contributed by atoms with Gasteiger partial charge in [0.05, 0.1) is 24.2 Å². The first-order valence-electron chi connectivity index (χ1n) is 12.1. The largest absolute Gasteiger partial charge is 0.495 e. The normalized spacial score (nSPS) is 17.6. The maximum atomic E-state index is 13.1. The first-order chi connectivity index (χ1) is 17.3. The van der Waals surface area contributed by atoms with E-state index >= 15 is 0 Å². The standard InChI is InChI=1S/C28H33N5O3/c1-5-25(34)32-26-21-16-18(7-6-17(21)8-15-24(26)36-4)23-14-13-22(29)27(31-23)28(35)30-19-9-11-20(12-10-19)33(2)3/h5-8,13-16,19-20H,1,9-12,29H2,2-4H3,(H,30,35)(H,32,34)/t19-,20-. The van der Waals surface area contributed by atoms with E-state index < -0.39 is 0 Å². The molecule has 8 nitrogen and oxygen atoms in total. The molecule has 3 aromatic rings. The van der Waals surface area contributed by atoms with Crippen molar-refractivity contribution in [1.82, 2.24) is 15.2 Å². The Balaban J connectivity index is 1.63. The molecule has 0 unspecified atom stereocenters. The minimum Gasteiger partial charge on any atom is -0.495 e. The van der Waals surface area contributed by atoms with Crippen molar-refractivity contribution in [3.63, 3.8) is 0 Å². The van der Waals surface area contributed by atoms with E-state index in [1.54, 1.807) is 25.3 Å². The van der Waals surface area contributed by atoms with E-state index in [1.165, 1.54) is 6.08 Å². The Morgan fingerprint density at radius 2 is 1.83 bits per heavy atom. The number of methoxy groups -OCH3 is 1. The molecule has 2 aromatic carbocycles. The van der Waals surface area contributed by atoms with Crippen LogP contribution in [0.25, 0.3) is 22.0 Å². The predicted molar refractivity (Wildman–Crippen MR) is 144 cm³/mol. The maximum Gasteiger partial charge on any atom is 0.272 e. The van der Waals surface area contributed by atoms with Gasteiger partial charge in [0.15, 0.2) is 5.69 Å². The van der Waals surface area contributed by atoms with Crippen LogP contribution < -0.4 is 21.1 Å². The van der Waals surface area contributed by atoms with Crippen LogP contribution in [0, 0.1) is 0 Å². The summed E-state index contributed by atoms with van der Waals surface area (Å²) in [5, 5.41) is 7.66. The fourth-order valence-electron chi connectivity index (χ4n) is 4.74. The highest BCUT2D eigenvalue weighted by molar-refractivity contribution is 6.08. The number of amides is 2. The molecule has 1 aromatic heterocycles. The lowest BCUT2D eigenvalue weighted by atomic mass is 9.90. The summed E-state index contributed by atoms with van der Waals surface area (Å²) in [5.41, 5.74) is 8.64. The Morgan fingerprint density at radius 3 is 2.50 bits per heavy atom. The summed E-state index contributed by atoms with van der Waals surface area (Å²) in [6.07, 6.45) is 5.17. The number of anilines is 2. The summed E-state index contributed by atoms with van der Waals surface area (Å²) in [7, 11) is 5.74. The zero-order valence-corrected chi connectivity index (χ0v) is 21.0. The van der Waals surface area contributed by atoms with Gasteiger partial charge in [-0.25, -0.2) is 4.98 Å². The second-order valence-electron chi connectivity index (χ2n) is 9.35. The van der Waals surface area contributed by atoms with Gasteiger partial charge in [-0.3, -0.25) is 9.59 Å². The van der Waals surface area contributed by atoms with Crippen LogP contribution in [0.5, 0.6) is 5.75 Å². The van der Waals surface area contributed by atoms with Crippen LogP contribution in [0.1, 0.15) is 36.2 Å². The Labute approximate surface area is 211 Å². The van der Waals surface area contributed by atoms with Gasteiger partial charge >= 0.3 is 0 Å². The number of benzene rings is 2. The second kappa shape index (κ2) is 10.8. The number of fused-ring (bicyclic) bond motifs is 1. The molecular formula is C28H33N5O3. The molecule has 8 heteroatoms. The van der Waals surface area contributed by atoms with Crippen LogP contribution in [0.2, 0.25) is 0 Å². The molecule has 1 heterocycles. The van der Waals surface area contributed by atoms with E-state index in [0.717, 1.165) is 42.0 Å². The van der Waals surface area contributed by atoms with Crippen LogP contribution in [0.15, 0.2) is 55.1 Å². The van der Waals surface area contributed by atoms with Crippen molar-refractivity contribution >= 4 is 34.0 Å². The SMILES string of the molecule is C=CC(=O)Nc1c(OC)ccc2ccc(-c3ccc(N)c(C(=O)N[C@H]4CC[C@H](N(C)C)CC4)n3)cc12. The molecule has 188 valence electrons. The fraction of sp³-hybridized carbons (Fsp3) is 0.321. The van der Waals surface area contributed by atoms with Crippen molar-refractivity contribution in [2.24, 2.45) is 0 Å². The molecular weight excluding hydrogens is 454 g/mol. The third-order valence-electron chi connectivity index (χ3n) is 6.84. The Morgan fingerprint density at radius 1 is 1.11 bits per heavy atom. The van der Waals surface area contributed by atoms with Crippen molar-refractivity contribution in [1.29, 1.82) is 0 Å². The third-order valence-corrected chi connectivity index (χ3v) is 6.84. The van der Waals surface area contributed by atoms with Gasteiger partial charge in [0, 0.05) is 23.0 Å². The molecule has 0 saturated heterocycles. The smallest absolute Gasteiger partial charge is 0.272 e. The van der Waals surface area contributed by atoms with Crippen molar-refractivity contribution < 1.29 is 14.3 Å².